The van der Waals surface area contributed by atoms with Gasteiger partial charge < -0.3 is 15.0 Å². The number of halogens is 1. The molecule has 3 rings (SSSR count). The molecule has 1 aromatic heterocycles. The van der Waals surface area contributed by atoms with Gasteiger partial charge in [-0.15, -0.1) is 24.0 Å². The fraction of sp³-hybridized carbons (Fsp3) is 0.444. The standard InChI is InChI=1S/C18H26N6O3S.HI/c1-3-20-18(21-10-14-5-4-6-16(9-14)28(19,25)26)24-7-8-27-17(13-24)15-11-22-23(2)12-15;/h4-6,9,11-12,17H,3,7-8,10,13H2,1-2H3,(H,20,21)(H2,19,25,26);1H. The Morgan fingerprint density at radius 1 is 1.45 bits per heavy atom. The predicted octanol–water partition coefficient (Wildman–Crippen LogP) is 1.22. The SMILES string of the molecule is CCNC(=NCc1cccc(S(N)(=O)=O)c1)N1CCOC(c2cnn(C)c2)C1.I. The lowest BCUT2D eigenvalue weighted by atomic mass is 10.1. The monoisotopic (exact) mass is 534 g/mol. The van der Waals surface area contributed by atoms with E-state index in [1.807, 2.05) is 32.4 Å². The molecule has 29 heavy (non-hydrogen) atoms. The molecule has 160 valence electrons. The molecule has 2 aromatic rings. The topological polar surface area (TPSA) is 115 Å². The van der Waals surface area contributed by atoms with Crippen molar-refractivity contribution < 1.29 is 13.2 Å². The molecule has 0 bridgehead atoms. The lowest BCUT2D eigenvalue weighted by Crippen LogP contribution is -2.48. The molecular formula is C18H27IN6O3S. The van der Waals surface area contributed by atoms with Gasteiger partial charge in [-0.1, -0.05) is 12.1 Å². The van der Waals surface area contributed by atoms with Crippen LogP contribution in [0.25, 0.3) is 0 Å². The minimum absolute atomic E-state index is 0. The first-order valence-corrected chi connectivity index (χ1v) is 10.7. The van der Waals surface area contributed by atoms with Crippen molar-refractivity contribution in [2.75, 3.05) is 26.2 Å². The lowest BCUT2D eigenvalue weighted by molar-refractivity contribution is -0.00805. The number of aromatic nitrogens is 2. The molecule has 1 aliphatic heterocycles. The Morgan fingerprint density at radius 2 is 2.24 bits per heavy atom. The molecule has 0 aliphatic carbocycles. The largest absolute Gasteiger partial charge is 0.370 e. The van der Waals surface area contributed by atoms with Gasteiger partial charge in [0.25, 0.3) is 0 Å². The van der Waals surface area contributed by atoms with E-state index in [-0.39, 0.29) is 35.0 Å². The number of aryl methyl sites for hydroxylation is 1. The summed E-state index contributed by atoms with van der Waals surface area (Å²) in [6, 6.07) is 6.54. The van der Waals surface area contributed by atoms with Gasteiger partial charge in [0.1, 0.15) is 6.10 Å². The average Bonchev–Trinajstić information content (AvgIpc) is 3.11. The maximum absolute atomic E-state index is 11.5. The Bertz CT molecular complexity index is 947. The number of guanidine groups is 1. The zero-order chi connectivity index (χ0) is 20.1. The van der Waals surface area contributed by atoms with Crippen LogP contribution in [0.15, 0.2) is 46.5 Å². The third kappa shape index (κ3) is 6.39. The molecule has 0 spiro atoms. The van der Waals surface area contributed by atoms with E-state index in [1.54, 1.807) is 16.8 Å². The number of sulfonamides is 1. The molecule has 1 unspecified atom stereocenters. The Hall–Kier alpha value is -1.70. The van der Waals surface area contributed by atoms with Gasteiger partial charge in [-0.2, -0.15) is 5.10 Å². The second-order valence-corrected chi connectivity index (χ2v) is 8.18. The summed E-state index contributed by atoms with van der Waals surface area (Å²) in [7, 11) is -1.85. The molecular weight excluding hydrogens is 507 g/mol. The first kappa shape index (κ1) is 23.6. The Morgan fingerprint density at radius 3 is 2.90 bits per heavy atom. The van der Waals surface area contributed by atoms with Crippen molar-refractivity contribution in [3.8, 4) is 0 Å². The van der Waals surface area contributed by atoms with E-state index in [9.17, 15) is 8.42 Å². The molecule has 1 fully saturated rings. The van der Waals surface area contributed by atoms with Crippen molar-refractivity contribution in [2.24, 2.45) is 17.2 Å². The number of ether oxygens (including phenoxy) is 1. The van der Waals surface area contributed by atoms with E-state index >= 15 is 0 Å². The van der Waals surface area contributed by atoms with Gasteiger partial charge in [-0.25, -0.2) is 18.5 Å². The average molecular weight is 534 g/mol. The molecule has 1 saturated heterocycles. The van der Waals surface area contributed by atoms with Crippen molar-refractivity contribution in [3.05, 3.63) is 47.8 Å². The summed E-state index contributed by atoms with van der Waals surface area (Å²) in [6.45, 7) is 5.06. The quantitative estimate of drug-likeness (QED) is 0.339. The molecule has 1 atom stereocenters. The summed E-state index contributed by atoms with van der Waals surface area (Å²) >= 11 is 0. The van der Waals surface area contributed by atoms with E-state index in [0.717, 1.165) is 30.2 Å². The van der Waals surface area contributed by atoms with Crippen molar-refractivity contribution in [1.29, 1.82) is 0 Å². The second kappa shape index (κ2) is 10.4. The third-order valence-corrected chi connectivity index (χ3v) is 5.35. The summed E-state index contributed by atoms with van der Waals surface area (Å²) in [5.41, 5.74) is 1.81. The number of benzene rings is 1. The molecule has 11 heteroatoms. The second-order valence-electron chi connectivity index (χ2n) is 6.62. The molecule has 0 radical (unpaired) electrons. The summed E-state index contributed by atoms with van der Waals surface area (Å²) in [6.07, 6.45) is 3.70. The minimum atomic E-state index is -3.73. The van der Waals surface area contributed by atoms with E-state index in [2.05, 4.69) is 20.3 Å². The molecule has 9 nitrogen and oxygen atoms in total. The fourth-order valence-electron chi connectivity index (χ4n) is 3.06. The number of primary sulfonamides is 1. The number of nitrogens with one attached hydrogen (secondary N) is 1. The van der Waals surface area contributed by atoms with Crippen molar-refractivity contribution in [1.82, 2.24) is 20.0 Å². The van der Waals surface area contributed by atoms with Crippen LogP contribution in [0.5, 0.6) is 0 Å². The Labute approximate surface area is 188 Å². The van der Waals surface area contributed by atoms with Crippen LogP contribution >= 0.6 is 24.0 Å². The van der Waals surface area contributed by atoms with Crippen LogP contribution in [0.3, 0.4) is 0 Å². The van der Waals surface area contributed by atoms with Crippen LogP contribution < -0.4 is 10.5 Å². The van der Waals surface area contributed by atoms with Crippen molar-refractivity contribution in [2.45, 2.75) is 24.5 Å². The minimum Gasteiger partial charge on any atom is -0.370 e. The molecule has 3 N–H and O–H groups in total. The summed E-state index contributed by atoms with van der Waals surface area (Å²) in [4.78, 5) is 6.92. The van der Waals surface area contributed by atoms with Gasteiger partial charge >= 0.3 is 0 Å². The number of nitrogens with two attached hydrogens (primary N) is 1. The van der Waals surface area contributed by atoms with Crippen molar-refractivity contribution >= 4 is 40.0 Å². The van der Waals surface area contributed by atoms with Crippen LogP contribution in [0.2, 0.25) is 0 Å². The maximum atomic E-state index is 11.5. The molecule has 0 saturated carbocycles. The molecule has 1 aliphatic rings. The van der Waals surface area contributed by atoms with Gasteiger partial charge in [-0.05, 0) is 24.6 Å². The van der Waals surface area contributed by atoms with Gasteiger partial charge in [0.15, 0.2) is 5.96 Å². The van der Waals surface area contributed by atoms with Crippen LogP contribution in [0, 0.1) is 0 Å². The summed E-state index contributed by atoms with van der Waals surface area (Å²) in [5.74, 6) is 0.765. The van der Waals surface area contributed by atoms with Crippen molar-refractivity contribution in [3.63, 3.8) is 0 Å². The lowest BCUT2D eigenvalue weighted by Gasteiger charge is -2.34. The highest BCUT2D eigenvalue weighted by Crippen LogP contribution is 2.21. The highest BCUT2D eigenvalue weighted by molar-refractivity contribution is 14.0. The number of aliphatic imine (C=N–C) groups is 1. The van der Waals surface area contributed by atoms with E-state index in [0.29, 0.717) is 19.7 Å². The van der Waals surface area contributed by atoms with Gasteiger partial charge in [0.2, 0.25) is 10.0 Å². The van der Waals surface area contributed by atoms with Crippen LogP contribution in [-0.2, 0) is 28.4 Å². The van der Waals surface area contributed by atoms with Crippen LogP contribution in [0.4, 0.5) is 0 Å². The van der Waals surface area contributed by atoms with E-state index < -0.39 is 10.0 Å². The van der Waals surface area contributed by atoms with E-state index in [1.165, 1.54) is 6.07 Å². The van der Waals surface area contributed by atoms with E-state index in [4.69, 9.17) is 9.88 Å². The fourth-order valence-corrected chi connectivity index (χ4v) is 3.65. The first-order chi connectivity index (χ1) is 13.4. The van der Waals surface area contributed by atoms with Gasteiger partial charge in [-0.3, -0.25) is 4.68 Å². The zero-order valence-electron chi connectivity index (χ0n) is 16.5. The Balaban J connectivity index is 0.00000300. The molecule has 1 aromatic carbocycles. The van der Waals surface area contributed by atoms with Crippen LogP contribution in [-0.4, -0.2) is 55.3 Å². The Kier molecular flexibility index (Phi) is 8.43. The van der Waals surface area contributed by atoms with Gasteiger partial charge in [0.05, 0.1) is 30.8 Å². The highest BCUT2D eigenvalue weighted by atomic mass is 127. The summed E-state index contributed by atoms with van der Waals surface area (Å²) < 4.78 is 30.7. The highest BCUT2D eigenvalue weighted by Gasteiger charge is 2.25. The first-order valence-electron chi connectivity index (χ1n) is 9.12. The number of morpholine rings is 1. The third-order valence-electron chi connectivity index (χ3n) is 4.44. The number of nitrogens with zero attached hydrogens (tertiary/aromatic N) is 4. The smallest absolute Gasteiger partial charge is 0.238 e. The number of hydrogen-bond acceptors (Lipinski definition) is 5. The maximum Gasteiger partial charge on any atom is 0.238 e. The predicted molar refractivity (Wildman–Crippen MR) is 122 cm³/mol. The number of rotatable bonds is 5. The van der Waals surface area contributed by atoms with Gasteiger partial charge in [0, 0.05) is 31.9 Å². The van der Waals surface area contributed by atoms with Crippen LogP contribution in [0.1, 0.15) is 24.2 Å². The molecule has 0 amide bonds. The molecule has 2 heterocycles. The zero-order valence-corrected chi connectivity index (χ0v) is 19.6. The number of hydrogen-bond donors (Lipinski definition) is 2. The summed E-state index contributed by atoms with van der Waals surface area (Å²) in [5, 5.41) is 12.7. The normalized spacial score (nSPS) is 17.7.